The van der Waals surface area contributed by atoms with Gasteiger partial charge in [0.25, 0.3) is 5.91 Å². The van der Waals surface area contributed by atoms with E-state index < -0.39 is 6.09 Å². The maximum absolute atomic E-state index is 12.3. The van der Waals surface area contributed by atoms with Crippen LogP contribution < -0.4 is 5.32 Å². The molecule has 0 spiro atoms. The van der Waals surface area contributed by atoms with Crippen molar-refractivity contribution in [3.63, 3.8) is 0 Å². The van der Waals surface area contributed by atoms with E-state index in [1.807, 2.05) is 6.07 Å². The van der Waals surface area contributed by atoms with Crippen molar-refractivity contribution >= 4 is 23.6 Å². The molecule has 0 bridgehead atoms. The molecule has 0 unspecified atom stereocenters. The smallest absolute Gasteiger partial charge is 0.410 e. The Morgan fingerprint density at radius 3 is 2.79 bits per heavy atom. The van der Waals surface area contributed by atoms with Crippen LogP contribution in [0.2, 0.25) is 5.02 Å². The van der Waals surface area contributed by atoms with Gasteiger partial charge in [0.15, 0.2) is 0 Å². The lowest BCUT2D eigenvalue weighted by Gasteiger charge is -2.32. The zero-order valence-corrected chi connectivity index (χ0v) is 15.9. The first-order valence-corrected chi connectivity index (χ1v) is 9.24. The number of carbonyl (C=O) groups is 2. The number of hydrogen-bond donors (Lipinski definition) is 2. The molecular formula is C20H21ClN2O5. The fourth-order valence-corrected chi connectivity index (χ4v) is 3.01. The molecule has 2 aromatic rings. The number of nitrogens with one attached hydrogen (secondary N) is 1. The van der Waals surface area contributed by atoms with Crippen LogP contribution in [0.25, 0.3) is 0 Å². The first kappa shape index (κ1) is 20.0. The Bertz CT molecular complexity index is 828. The Hall–Kier alpha value is -2.77. The molecule has 1 aliphatic rings. The van der Waals surface area contributed by atoms with E-state index >= 15 is 0 Å². The number of hydrogen-bond acceptors (Lipinski definition) is 5. The molecule has 2 N–H and O–H groups in total. The number of amides is 2. The van der Waals surface area contributed by atoms with Gasteiger partial charge in [-0.3, -0.25) is 4.79 Å². The van der Waals surface area contributed by atoms with Crippen molar-refractivity contribution in [1.29, 1.82) is 0 Å². The van der Waals surface area contributed by atoms with E-state index in [-0.39, 0.29) is 30.9 Å². The lowest BCUT2D eigenvalue weighted by molar-refractivity contribution is -0.0263. The van der Waals surface area contributed by atoms with Gasteiger partial charge in [-0.2, -0.15) is 0 Å². The van der Waals surface area contributed by atoms with Gasteiger partial charge in [-0.1, -0.05) is 23.7 Å². The fraction of sp³-hybridized carbons (Fsp3) is 0.300. The monoisotopic (exact) mass is 404 g/mol. The minimum absolute atomic E-state index is 0.0964. The minimum atomic E-state index is -0.432. The van der Waals surface area contributed by atoms with Crippen molar-refractivity contribution in [1.82, 2.24) is 10.2 Å². The summed E-state index contributed by atoms with van der Waals surface area (Å²) >= 11 is 5.93. The third kappa shape index (κ3) is 5.61. The van der Waals surface area contributed by atoms with Crippen molar-refractivity contribution in [2.45, 2.75) is 12.7 Å². The van der Waals surface area contributed by atoms with Crippen molar-refractivity contribution < 1.29 is 24.2 Å². The molecule has 8 heteroatoms. The van der Waals surface area contributed by atoms with E-state index in [1.165, 1.54) is 24.3 Å². The Balaban J connectivity index is 1.46. The molecule has 1 saturated heterocycles. The molecule has 0 aromatic heterocycles. The van der Waals surface area contributed by atoms with Gasteiger partial charge in [0.1, 0.15) is 12.4 Å². The number of nitrogens with zero attached hydrogens (tertiary/aromatic N) is 1. The highest BCUT2D eigenvalue weighted by Gasteiger charge is 2.25. The quantitative estimate of drug-likeness (QED) is 0.800. The highest BCUT2D eigenvalue weighted by atomic mass is 35.5. The summed E-state index contributed by atoms with van der Waals surface area (Å²) in [6.07, 6.45) is -0.758. The number of ether oxygens (including phenoxy) is 2. The zero-order valence-electron chi connectivity index (χ0n) is 15.1. The van der Waals surface area contributed by atoms with Gasteiger partial charge in [-0.25, -0.2) is 4.79 Å². The van der Waals surface area contributed by atoms with E-state index in [0.29, 0.717) is 30.3 Å². The van der Waals surface area contributed by atoms with Gasteiger partial charge in [0.2, 0.25) is 0 Å². The average Bonchev–Trinajstić information content (AvgIpc) is 2.71. The van der Waals surface area contributed by atoms with E-state index in [0.717, 1.165) is 5.56 Å². The summed E-state index contributed by atoms with van der Waals surface area (Å²) in [5.74, 6) is -0.177. The van der Waals surface area contributed by atoms with E-state index in [9.17, 15) is 14.7 Å². The molecule has 148 valence electrons. The topological polar surface area (TPSA) is 88.1 Å². The Kier molecular flexibility index (Phi) is 6.73. The number of morpholine rings is 1. The number of phenolic OH excluding ortho intramolecular Hbond substituents is 1. The second-order valence-corrected chi connectivity index (χ2v) is 6.82. The van der Waals surface area contributed by atoms with Crippen LogP contribution in [0.4, 0.5) is 4.79 Å². The Morgan fingerprint density at radius 1 is 1.25 bits per heavy atom. The first-order chi connectivity index (χ1) is 13.5. The standard InChI is InChI=1S/C20H21ClN2O5/c21-16-3-1-2-14(10-16)13-28-20(26)23-8-9-27-18(12-23)11-22-19(25)15-4-6-17(24)7-5-15/h1-7,10,18,24H,8-9,11-13H2,(H,22,25)/t18-/m1/s1. The molecule has 28 heavy (non-hydrogen) atoms. The molecule has 3 rings (SSSR count). The first-order valence-electron chi connectivity index (χ1n) is 8.86. The summed E-state index contributed by atoms with van der Waals surface area (Å²) in [5, 5.41) is 12.6. The molecular weight excluding hydrogens is 384 g/mol. The number of carbonyl (C=O) groups excluding carboxylic acids is 2. The predicted octanol–water partition coefficient (Wildman–Crippen LogP) is 2.81. The van der Waals surface area contributed by atoms with Crippen LogP contribution in [-0.2, 0) is 16.1 Å². The zero-order chi connectivity index (χ0) is 19.9. The lowest BCUT2D eigenvalue weighted by atomic mass is 10.2. The largest absolute Gasteiger partial charge is 0.508 e. The molecule has 1 aliphatic heterocycles. The molecule has 2 aromatic carbocycles. The molecule has 1 atom stereocenters. The summed E-state index contributed by atoms with van der Waals surface area (Å²) in [6, 6.07) is 13.1. The summed E-state index contributed by atoms with van der Waals surface area (Å²) in [6.45, 7) is 1.52. The van der Waals surface area contributed by atoms with Crippen LogP contribution in [0.1, 0.15) is 15.9 Å². The van der Waals surface area contributed by atoms with E-state index in [4.69, 9.17) is 21.1 Å². The highest BCUT2D eigenvalue weighted by Crippen LogP contribution is 2.13. The number of halogens is 1. The Morgan fingerprint density at radius 2 is 2.04 bits per heavy atom. The molecule has 0 radical (unpaired) electrons. The molecule has 1 heterocycles. The van der Waals surface area contributed by atoms with Crippen LogP contribution in [0.3, 0.4) is 0 Å². The van der Waals surface area contributed by atoms with Crippen LogP contribution >= 0.6 is 11.6 Å². The number of benzene rings is 2. The van der Waals surface area contributed by atoms with Crippen LogP contribution in [-0.4, -0.2) is 54.4 Å². The van der Waals surface area contributed by atoms with Gasteiger partial charge in [-0.15, -0.1) is 0 Å². The average molecular weight is 405 g/mol. The summed E-state index contributed by atoms with van der Waals surface area (Å²) in [5.41, 5.74) is 1.25. The van der Waals surface area contributed by atoms with Crippen molar-refractivity contribution in [2.75, 3.05) is 26.2 Å². The Labute approximate surface area is 167 Å². The van der Waals surface area contributed by atoms with Crippen molar-refractivity contribution in [3.8, 4) is 5.75 Å². The molecule has 7 nitrogen and oxygen atoms in total. The minimum Gasteiger partial charge on any atom is -0.508 e. The highest BCUT2D eigenvalue weighted by molar-refractivity contribution is 6.30. The van der Waals surface area contributed by atoms with Crippen LogP contribution in [0.5, 0.6) is 5.75 Å². The lowest BCUT2D eigenvalue weighted by Crippen LogP contribution is -2.49. The van der Waals surface area contributed by atoms with Crippen molar-refractivity contribution in [3.05, 3.63) is 64.7 Å². The van der Waals surface area contributed by atoms with Gasteiger partial charge >= 0.3 is 6.09 Å². The summed E-state index contributed by atoms with van der Waals surface area (Å²) in [4.78, 5) is 26.0. The maximum Gasteiger partial charge on any atom is 0.410 e. The third-order valence-electron chi connectivity index (χ3n) is 4.27. The predicted molar refractivity (Wildman–Crippen MR) is 103 cm³/mol. The second kappa shape index (κ2) is 9.43. The van der Waals surface area contributed by atoms with Gasteiger partial charge in [-0.05, 0) is 42.0 Å². The third-order valence-corrected chi connectivity index (χ3v) is 4.50. The number of aromatic hydroxyl groups is 1. The van der Waals surface area contributed by atoms with E-state index in [1.54, 1.807) is 23.1 Å². The number of rotatable bonds is 5. The summed E-state index contributed by atoms with van der Waals surface area (Å²) in [7, 11) is 0. The molecule has 0 saturated carbocycles. The summed E-state index contributed by atoms with van der Waals surface area (Å²) < 4.78 is 11.0. The second-order valence-electron chi connectivity index (χ2n) is 6.38. The number of phenols is 1. The SMILES string of the molecule is O=C(NC[C@@H]1CN(C(=O)OCc2cccc(Cl)c2)CCO1)c1ccc(O)cc1. The van der Waals surface area contributed by atoms with Gasteiger partial charge in [0.05, 0.1) is 19.3 Å². The molecule has 0 aliphatic carbocycles. The fourth-order valence-electron chi connectivity index (χ4n) is 2.79. The maximum atomic E-state index is 12.3. The normalized spacial score (nSPS) is 16.5. The molecule has 2 amide bonds. The molecule has 1 fully saturated rings. The van der Waals surface area contributed by atoms with Crippen molar-refractivity contribution in [2.24, 2.45) is 0 Å². The van der Waals surface area contributed by atoms with Gasteiger partial charge < -0.3 is 24.8 Å². The van der Waals surface area contributed by atoms with Crippen LogP contribution in [0.15, 0.2) is 48.5 Å². The van der Waals surface area contributed by atoms with Crippen LogP contribution in [0, 0.1) is 0 Å². The van der Waals surface area contributed by atoms with E-state index in [2.05, 4.69) is 5.32 Å². The van der Waals surface area contributed by atoms with Gasteiger partial charge in [0, 0.05) is 23.7 Å².